The van der Waals surface area contributed by atoms with E-state index >= 15 is 0 Å². The Morgan fingerprint density at radius 2 is 1.58 bits per heavy atom. The van der Waals surface area contributed by atoms with E-state index in [-0.39, 0.29) is 11.9 Å². The van der Waals surface area contributed by atoms with Gasteiger partial charge in [-0.2, -0.15) is 0 Å². The molecule has 0 aliphatic carbocycles. The largest absolute Gasteiger partial charge is 0.497 e. The van der Waals surface area contributed by atoms with Gasteiger partial charge in [0.05, 0.1) is 19.2 Å². The molecule has 4 nitrogen and oxygen atoms in total. The number of aromatic nitrogens is 1. The summed E-state index contributed by atoms with van der Waals surface area (Å²) in [5.41, 5.74) is 7.28. The van der Waals surface area contributed by atoms with Crippen molar-refractivity contribution in [1.29, 1.82) is 0 Å². The summed E-state index contributed by atoms with van der Waals surface area (Å²) in [6.45, 7) is 10.8. The van der Waals surface area contributed by atoms with Gasteiger partial charge in [0.2, 0.25) is 0 Å². The molecule has 0 aliphatic rings. The molecule has 4 rings (SSSR count). The zero-order valence-electron chi connectivity index (χ0n) is 20.3. The minimum atomic E-state index is 0.0555. The minimum absolute atomic E-state index is 0.0555. The Labute approximate surface area is 196 Å². The molecular weight excluding hydrogens is 408 g/mol. The molecule has 1 heterocycles. The summed E-state index contributed by atoms with van der Waals surface area (Å²) in [5, 5.41) is 1.15. The number of hydrogen-bond acceptors (Lipinski definition) is 2. The van der Waals surface area contributed by atoms with Gasteiger partial charge in [-0.1, -0.05) is 35.9 Å². The van der Waals surface area contributed by atoms with Crippen LogP contribution < -0.4 is 4.74 Å². The van der Waals surface area contributed by atoms with E-state index in [0.29, 0.717) is 6.54 Å². The van der Waals surface area contributed by atoms with Crippen LogP contribution in [0.25, 0.3) is 16.6 Å². The highest BCUT2D eigenvalue weighted by Crippen LogP contribution is 2.28. The Kier molecular flexibility index (Phi) is 6.28. The molecule has 0 unspecified atom stereocenters. The number of hydrogen-bond donors (Lipinski definition) is 0. The van der Waals surface area contributed by atoms with Gasteiger partial charge in [-0.05, 0) is 82.1 Å². The van der Waals surface area contributed by atoms with Gasteiger partial charge >= 0.3 is 0 Å². The molecule has 0 atom stereocenters. The summed E-state index contributed by atoms with van der Waals surface area (Å²) in [7, 11) is 1.67. The zero-order valence-corrected chi connectivity index (χ0v) is 20.3. The van der Waals surface area contributed by atoms with Crippen molar-refractivity contribution in [1.82, 2.24) is 9.47 Å². The van der Waals surface area contributed by atoms with E-state index in [0.717, 1.165) is 44.7 Å². The van der Waals surface area contributed by atoms with Gasteiger partial charge in [-0.15, -0.1) is 0 Å². The standard InChI is InChI=1S/C29H32N2O2/c1-19(2)30(29(32)28-21(4)15-20(3)16-22(28)5)18-25-17-23-9-7-8-10-27(23)31(25)24-11-13-26(33-6)14-12-24/h7-17,19H,18H2,1-6H3. The second kappa shape index (κ2) is 9.14. The van der Waals surface area contributed by atoms with Crippen LogP contribution in [0.2, 0.25) is 0 Å². The first-order valence-electron chi connectivity index (χ1n) is 11.4. The number of para-hydroxylation sites is 1. The lowest BCUT2D eigenvalue weighted by molar-refractivity contribution is 0.0685. The third kappa shape index (κ3) is 4.38. The number of carbonyl (C=O) groups excluding carboxylic acids is 1. The SMILES string of the molecule is COc1ccc(-n2c(CN(C(=O)c3c(C)cc(C)cc3C)C(C)C)cc3ccccc32)cc1. The number of nitrogens with zero attached hydrogens (tertiary/aromatic N) is 2. The molecule has 0 saturated heterocycles. The van der Waals surface area contributed by atoms with Crippen LogP contribution in [-0.4, -0.2) is 28.5 Å². The van der Waals surface area contributed by atoms with Crippen molar-refractivity contribution in [3.05, 3.63) is 94.7 Å². The van der Waals surface area contributed by atoms with Crippen molar-refractivity contribution in [3.8, 4) is 11.4 Å². The molecule has 0 aliphatic heterocycles. The third-order valence-corrected chi connectivity index (χ3v) is 6.23. The number of benzene rings is 3. The van der Waals surface area contributed by atoms with Crippen molar-refractivity contribution in [2.75, 3.05) is 7.11 Å². The summed E-state index contributed by atoms with van der Waals surface area (Å²) in [5.74, 6) is 0.896. The van der Waals surface area contributed by atoms with Crippen LogP contribution in [0.4, 0.5) is 0 Å². The fraction of sp³-hybridized carbons (Fsp3) is 0.276. The Hall–Kier alpha value is -3.53. The van der Waals surface area contributed by atoms with Crippen LogP contribution in [0.1, 0.15) is 46.6 Å². The van der Waals surface area contributed by atoms with Gasteiger partial charge in [0.15, 0.2) is 0 Å². The van der Waals surface area contributed by atoms with Gasteiger partial charge in [-0.25, -0.2) is 0 Å². The molecule has 1 amide bonds. The highest BCUT2D eigenvalue weighted by molar-refractivity contribution is 5.97. The van der Waals surface area contributed by atoms with Gasteiger partial charge in [-0.3, -0.25) is 4.79 Å². The number of rotatable bonds is 6. The zero-order chi connectivity index (χ0) is 23.7. The maximum absolute atomic E-state index is 13.8. The Morgan fingerprint density at radius 1 is 0.939 bits per heavy atom. The maximum atomic E-state index is 13.8. The van der Waals surface area contributed by atoms with E-state index < -0.39 is 0 Å². The summed E-state index contributed by atoms with van der Waals surface area (Å²) in [4.78, 5) is 15.8. The predicted molar refractivity (Wildman–Crippen MR) is 135 cm³/mol. The number of amides is 1. The second-order valence-corrected chi connectivity index (χ2v) is 9.03. The number of methoxy groups -OCH3 is 1. The van der Waals surface area contributed by atoms with Crippen molar-refractivity contribution >= 4 is 16.8 Å². The first-order valence-corrected chi connectivity index (χ1v) is 11.4. The van der Waals surface area contributed by atoms with Crippen molar-refractivity contribution in [2.24, 2.45) is 0 Å². The molecular formula is C29H32N2O2. The molecule has 4 heteroatoms. The lowest BCUT2D eigenvalue weighted by Crippen LogP contribution is -2.37. The Morgan fingerprint density at radius 3 is 2.18 bits per heavy atom. The molecule has 0 saturated carbocycles. The average molecular weight is 441 g/mol. The van der Waals surface area contributed by atoms with Gasteiger partial charge in [0.1, 0.15) is 5.75 Å². The number of carbonyl (C=O) groups is 1. The molecule has 170 valence electrons. The summed E-state index contributed by atoms with van der Waals surface area (Å²) in [6.07, 6.45) is 0. The quantitative estimate of drug-likeness (QED) is 0.338. The molecule has 0 N–H and O–H groups in total. The van der Waals surface area contributed by atoms with Crippen LogP contribution >= 0.6 is 0 Å². The summed E-state index contributed by atoms with van der Waals surface area (Å²) in [6, 6.07) is 22.8. The van der Waals surface area contributed by atoms with Crippen LogP contribution in [0.5, 0.6) is 5.75 Å². The first-order chi connectivity index (χ1) is 15.8. The van der Waals surface area contributed by atoms with E-state index in [1.807, 2.05) is 30.9 Å². The highest BCUT2D eigenvalue weighted by atomic mass is 16.5. The molecule has 0 radical (unpaired) electrons. The predicted octanol–water partition coefficient (Wildman–Crippen LogP) is 6.62. The monoisotopic (exact) mass is 440 g/mol. The fourth-order valence-electron chi connectivity index (χ4n) is 4.69. The number of aryl methyl sites for hydroxylation is 3. The molecule has 3 aromatic carbocycles. The lowest BCUT2D eigenvalue weighted by Gasteiger charge is -2.29. The van der Waals surface area contributed by atoms with E-state index in [1.165, 1.54) is 5.56 Å². The highest BCUT2D eigenvalue weighted by Gasteiger charge is 2.24. The number of fused-ring (bicyclic) bond motifs is 1. The average Bonchev–Trinajstić information content (AvgIpc) is 3.14. The van der Waals surface area contributed by atoms with Gasteiger partial charge < -0.3 is 14.2 Å². The molecule has 33 heavy (non-hydrogen) atoms. The minimum Gasteiger partial charge on any atom is -0.497 e. The Bertz CT molecular complexity index is 1280. The molecule has 4 aromatic rings. The van der Waals surface area contributed by atoms with Crippen LogP contribution in [-0.2, 0) is 6.54 Å². The number of ether oxygens (including phenoxy) is 1. The topological polar surface area (TPSA) is 34.5 Å². The molecule has 0 fully saturated rings. The van der Waals surface area contributed by atoms with Crippen LogP contribution in [0.15, 0.2) is 66.7 Å². The smallest absolute Gasteiger partial charge is 0.254 e. The van der Waals surface area contributed by atoms with Crippen LogP contribution in [0.3, 0.4) is 0 Å². The Balaban J connectivity index is 1.80. The maximum Gasteiger partial charge on any atom is 0.254 e. The first kappa shape index (κ1) is 22.7. The van der Waals surface area contributed by atoms with Crippen molar-refractivity contribution < 1.29 is 9.53 Å². The fourth-order valence-corrected chi connectivity index (χ4v) is 4.69. The van der Waals surface area contributed by atoms with E-state index in [4.69, 9.17) is 4.74 Å². The lowest BCUT2D eigenvalue weighted by atomic mass is 9.98. The van der Waals surface area contributed by atoms with Crippen molar-refractivity contribution in [3.63, 3.8) is 0 Å². The van der Waals surface area contributed by atoms with Gasteiger partial charge in [0.25, 0.3) is 5.91 Å². The summed E-state index contributed by atoms with van der Waals surface area (Å²) >= 11 is 0. The normalized spacial score (nSPS) is 11.2. The van der Waals surface area contributed by atoms with E-state index in [2.05, 4.69) is 79.9 Å². The molecule has 0 bridgehead atoms. The van der Waals surface area contributed by atoms with Crippen molar-refractivity contribution in [2.45, 2.75) is 47.2 Å². The molecule has 0 spiro atoms. The van der Waals surface area contributed by atoms with E-state index in [9.17, 15) is 4.79 Å². The second-order valence-electron chi connectivity index (χ2n) is 9.03. The third-order valence-electron chi connectivity index (χ3n) is 6.23. The summed E-state index contributed by atoms with van der Waals surface area (Å²) < 4.78 is 7.59. The van der Waals surface area contributed by atoms with Crippen LogP contribution in [0, 0.1) is 20.8 Å². The molecule has 1 aromatic heterocycles. The van der Waals surface area contributed by atoms with E-state index in [1.54, 1.807) is 7.11 Å². The van der Waals surface area contributed by atoms with Gasteiger partial charge in [0, 0.05) is 28.4 Å².